The lowest BCUT2D eigenvalue weighted by atomic mass is 10.2. The second kappa shape index (κ2) is 6.64. The van der Waals surface area contributed by atoms with Gasteiger partial charge in [-0.2, -0.15) is 13.2 Å². The summed E-state index contributed by atoms with van der Waals surface area (Å²) in [6.45, 7) is 4.64. The van der Waals surface area contributed by atoms with Crippen molar-refractivity contribution in [3.05, 3.63) is 23.9 Å². The van der Waals surface area contributed by atoms with Crippen LogP contribution in [0.1, 0.15) is 32.3 Å². The summed E-state index contributed by atoms with van der Waals surface area (Å²) < 4.78 is 38.4. The molecule has 118 valence electrons. The molecule has 0 unspecified atom stereocenters. The van der Waals surface area contributed by atoms with E-state index in [1.165, 1.54) is 4.90 Å². The largest absolute Gasteiger partial charge is 0.405 e. The van der Waals surface area contributed by atoms with Gasteiger partial charge in [-0.3, -0.25) is 0 Å². The van der Waals surface area contributed by atoms with Crippen molar-refractivity contribution < 1.29 is 13.2 Å². The second-order valence-corrected chi connectivity index (χ2v) is 5.99. The number of alkyl halides is 3. The van der Waals surface area contributed by atoms with Gasteiger partial charge < -0.3 is 10.2 Å². The van der Waals surface area contributed by atoms with Crippen molar-refractivity contribution in [2.75, 3.05) is 18.0 Å². The van der Waals surface area contributed by atoms with Crippen LogP contribution in [0, 0.1) is 5.92 Å². The minimum atomic E-state index is -4.21. The molecule has 3 nitrogen and oxygen atoms in total. The molecule has 1 aliphatic carbocycles. The van der Waals surface area contributed by atoms with Gasteiger partial charge in [0.1, 0.15) is 12.4 Å². The van der Waals surface area contributed by atoms with Crippen molar-refractivity contribution in [1.82, 2.24) is 10.3 Å². The third kappa shape index (κ3) is 5.19. The summed E-state index contributed by atoms with van der Waals surface area (Å²) in [5.74, 6) is 0.966. The Balaban J connectivity index is 2.12. The molecule has 1 saturated carbocycles. The summed E-state index contributed by atoms with van der Waals surface area (Å²) in [5, 5.41) is 3.27. The van der Waals surface area contributed by atoms with Crippen molar-refractivity contribution in [3.63, 3.8) is 0 Å². The molecule has 0 radical (unpaired) electrons. The Morgan fingerprint density at radius 3 is 2.67 bits per heavy atom. The molecule has 0 aliphatic heterocycles. The van der Waals surface area contributed by atoms with Gasteiger partial charge in [-0.15, -0.1) is 0 Å². The zero-order valence-corrected chi connectivity index (χ0v) is 12.5. The quantitative estimate of drug-likeness (QED) is 0.837. The molecule has 0 saturated heterocycles. The summed E-state index contributed by atoms with van der Waals surface area (Å²) in [5.41, 5.74) is 0.828. The summed E-state index contributed by atoms with van der Waals surface area (Å²) in [4.78, 5) is 5.62. The van der Waals surface area contributed by atoms with Crippen molar-refractivity contribution >= 4 is 5.82 Å². The topological polar surface area (TPSA) is 28.2 Å². The zero-order chi connectivity index (χ0) is 15.5. The van der Waals surface area contributed by atoms with Crippen LogP contribution in [0.4, 0.5) is 19.0 Å². The first kappa shape index (κ1) is 16.1. The first-order valence-corrected chi connectivity index (χ1v) is 7.35. The molecule has 1 aromatic rings. The van der Waals surface area contributed by atoms with Gasteiger partial charge in [0, 0.05) is 24.3 Å². The molecule has 2 rings (SSSR count). The highest BCUT2D eigenvalue weighted by molar-refractivity contribution is 5.49. The number of rotatable bonds is 7. The van der Waals surface area contributed by atoms with Crippen LogP contribution in [0.3, 0.4) is 0 Å². The van der Waals surface area contributed by atoms with Crippen LogP contribution in [0.15, 0.2) is 18.3 Å². The number of hydrogen-bond acceptors (Lipinski definition) is 3. The smallest absolute Gasteiger partial charge is 0.344 e. The van der Waals surface area contributed by atoms with E-state index in [0.29, 0.717) is 18.3 Å². The van der Waals surface area contributed by atoms with E-state index >= 15 is 0 Å². The van der Waals surface area contributed by atoms with Gasteiger partial charge in [0.05, 0.1) is 0 Å². The standard InChI is InChI=1S/C15H22F3N3/c1-11(2)8-19-9-12-4-3-7-20-14(12)21(13-5-6-13)10-15(16,17)18/h3-4,7,11,13,19H,5-6,8-10H2,1-2H3. The molecule has 1 aromatic heterocycles. The molecular formula is C15H22F3N3. The van der Waals surface area contributed by atoms with Crippen LogP contribution >= 0.6 is 0 Å². The lowest BCUT2D eigenvalue weighted by molar-refractivity contribution is -0.120. The number of pyridine rings is 1. The Kier molecular flexibility index (Phi) is 5.08. The zero-order valence-electron chi connectivity index (χ0n) is 12.5. The fraction of sp³-hybridized carbons (Fsp3) is 0.667. The van der Waals surface area contributed by atoms with Crippen molar-refractivity contribution in [2.45, 2.75) is 45.5 Å². The maximum atomic E-state index is 12.8. The molecule has 1 aliphatic rings. The minimum Gasteiger partial charge on any atom is -0.344 e. The summed E-state index contributed by atoms with van der Waals surface area (Å²) in [7, 11) is 0. The highest BCUT2D eigenvalue weighted by Crippen LogP contribution is 2.34. The molecule has 0 bridgehead atoms. The first-order valence-electron chi connectivity index (χ1n) is 7.35. The van der Waals surface area contributed by atoms with Crippen LogP contribution in [0.25, 0.3) is 0 Å². The van der Waals surface area contributed by atoms with E-state index in [0.717, 1.165) is 24.9 Å². The third-order valence-electron chi connectivity index (χ3n) is 3.34. The number of aromatic nitrogens is 1. The van der Waals surface area contributed by atoms with Gasteiger partial charge in [0.25, 0.3) is 0 Å². The van der Waals surface area contributed by atoms with Crippen LogP contribution < -0.4 is 10.2 Å². The van der Waals surface area contributed by atoms with Gasteiger partial charge in [-0.1, -0.05) is 19.9 Å². The van der Waals surface area contributed by atoms with Crippen LogP contribution in [0.5, 0.6) is 0 Å². The predicted octanol–water partition coefficient (Wildman–Crippen LogP) is 3.36. The van der Waals surface area contributed by atoms with E-state index in [1.807, 2.05) is 6.07 Å². The van der Waals surface area contributed by atoms with Gasteiger partial charge in [0.15, 0.2) is 0 Å². The minimum absolute atomic E-state index is 0.0228. The SMILES string of the molecule is CC(C)CNCc1cccnc1N(CC(F)(F)F)C1CC1. The fourth-order valence-electron chi connectivity index (χ4n) is 2.28. The normalized spacial score (nSPS) is 15.5. The molecule has 1 N–H and O–H groups in total. The number of nitrogens with zero attached hydrogens (tertiary/aromatic N) is 2. The molecule has 0 amide bonds. The second-order valence-electron chi connectivity index (χ2n) is 5.99. The number of nitrogens with one attached hydrogen (secondary N) is 1. The third-order valence-corrected chi connectivity index (χ3v) is 3.34. The summed E-state index contributed by atoms with van der Waals surface area (Å²) in [6.07, 6.45) is -1.02. The van der Waals surface area contributed by atoms with Crippen molar-refractivity contribution in [3.8, 4) is 0 Å². The number of anilines is 1. The van der Waals surface area contributed by atoms with Crippen LogP contribution in [-0.4, -0.2) is 30.3 Å². The molecule has 0 spiro atoms. The van der Waals surface area contributed by atoms with Gasteiger partial charge >= 0.3 is 6.18 Å². The van der Waals surface area contributed by atoms with Crippen LogP contribution in [0.2, 0.25) is 0 Å². The Hall–Kier alpha value is -1.30. The van der Waals surface area contributed by atoms with Gasteiger partial charge in [-0.25, -0.2) is 4.98 Å². The van der Waals surface area contributed by atoms with E-state index in [-0.39, 0.29) is 6.04 Å². The lowest BCUT2D eigenvalue weighted by Gasteiger charge is -2.27. The molecule has 0 aromatic carbocycles. The van der Waals surface area contributed by atoms with E-state index in [4.69, 9.17) is 0 Å². The molecule has 0 atom stereocenters. The summed E-state index contributed by atoms with van der Waals surface area (Å²) >= 11 is 0. The van der Waals surface area contributed by atoms with E-state index in [9.17, 15) is 13.2 Å². The Bertz CT molecular complexity index is 456. The van der Waals surface area contributed by atoms with Crippen LogP contribution in [-0.2, 0) is 6.54 Å². The molecular weight excluding hydrogens is 279 g/mol. The van der Waals surface area contributed by atoms with Gasteiger partial charge in [0.2, 0.25) is 0 Å². The number of hydrogen-bond donors (Lipinski definition) is 1. The number of halogens is 3. The van der Waals surface area contributed by atoms with E-state index in [2.05, 4.69) is 24.1 Å². The predicted molar refractivity (Wildman–Crippen MR) is 77.2 cm³/mol. The molecule has 1 heterocycles. The first-order chi connectivity index (χ1) is 9.87. The highest BCUT2D eigenvalue weighted by atomic mass is 19.4. The van der Waals surface area contributed by atoms with E-state index < -0.39 is 12.7 Å². The monoisotopic (exact) mass is 301 g/mol. The maximum absolute atomic E-state index is 12.8. The lowest BCUT2D eigenvalue weighted by Crippen LogP contribution is -2.37. The maximum Gasteiger partial charge on any atom is 0.405 e. The van der Waals surface area contributed by atoms with Gasteiger partial charge in [-0.05, 0) is 31.4 Å². The average molecular weight is 301 g/mol. The fourth-order valence-corrected chi connectivity index (χ4v) is 2.28. The molecule has 1 fully saturated rings. The Morgan fingerprint density at radius 2 is 2.10 bits per heavy atom. The Labute approximate surface area is 123 Å². The van der Waals surface area contributed by atoms with Crippen molar-refractivity contribution in [2.24, 2.45) is 5.92 Å². The van der Waals surface area contributed by atoms with Crippen molar-refractivity contribution in [1.29, 1.82) is 0 Å². The molecule has 21 heavy (non-hydrogen) atoms. The highest BCUT2D eigenvalue weighted by Gasteiger charge is 2.39. The molecule has 6 heteroatoms. The average Bonchev–Trinajstić information content (AvgIpc) is 3.19. The summed E-state index contributed by atoms with van der Waals surface area (Å²) in [6, 6.07) is 3.60. The Morgan fingerprint density at radius 1 is 1.38 bits per heavy atom. The van der Waals surface area contributed by atoms with E-state index in [1.54, 1.807) is 12.3 Å².